The molecule has 1 aliphatic heterocycles. The van der Waals surface area contributed by atoms with Gasteiger partial charge in [-0.3, -0.25) is 25.0 Å². The van der Waals surface area contributed by atoms with Gasteiger partial charge in [-0.2, -0.15) is 4.98 Å². The van der Waals surface area contributed by atoms with Gasteiger partial charge in [0.2, 0.25) is 17.8 Å². The Morgan fingerprint density at radius 3 is 2.84 bits per heavy atom. The molecule has 0 saturated carbocycles. The lowest BCUT2D eigenvalue weighted by Gasteiger charge is -2.24. The molecule has 25 heavy (non-hydrogen) atoms. The van der Waals surface area contributed by atoms with Crippen molar-refractivity contribution in [2.24, 2.45) is 0 Å². The van der Waals surface area contributed by atoms with Crippen molar-refractivity contribution >= 4 is 23.5 Å². The number of H-pyrrole nitrogens is 1. The topological polar surface area (TPSA) is 113 Å². The molecule has 0 unspecified atom stereocenters. The smallest absolute Gasteiger partial charge is 0.249 e. The average Bonchev–Trinajstić information content (AvgIpc) is 3.10. The zero-order valence-corrected chi connectivity index (χ0v) is 13.1. The first-order valence-electron chi connectivity index (χ1n) is 7.74. The summed E-state index contributed by atoms with van der Waals surface area (Å²) in [7, 11) is 0. The number of amides is 2. The number of nitrogens with one attached hydrogen (secondary N) is 3. The molecule has 0 aliphatic carbocycles. The second-order valence-electron chi connectivity index (χ2n) is 5.60. The standard InChI is InChI=1S/C17H14N6O2/c24-14-9-11(10-5-1-2-6-12(10)19-14)16(25)21-17-20-15(22-23-17)13-7-3-4-8-18-13/h1-8,11H,9H2,(H,19,24)(H2,20,21,22,23,25)/t11-/m0/s1. The van der Waals surface area contributed by atoms with Gasteiger partial charge in [-0.05, 0) is 23.8 Å². The molecular weight excluding hydrogens is 320 g/mol. The first-order valence-corrected chi connectivity index (χ1v) is 7.74. The van der Waals surface area contributed by atoms with Crippen LogP contribution in [0.5, 0.6) is 0 Å². The van der Waals surface area contributed by atoms with E-state index in [9.17, 15) is 9.59 Å². The molecule has 1 atom stereocenters. The van der Waals surface area contributed by atoms with E-state index in [1.165, 1.54) is 0 Å². The molecule has 3 N–H and O–H groups in total. The number of pyridine rings is 1. The third-order valence-corrected chi connectivity index (χ3v) is 3.94. The molecule has 3 aromatic rings. The number of benzene rings is 1. The minimum atomic E-state index is -0.582. The Hall–Kier alpha value is -3.55. The number of fused-ring (bicyclic) bond motifs is 1. The minimum Gasteiger partial charge on any atom is -0.326 e. The summed E-state index contributed by atoms with van der Waals surface area (Å²) in [6, 6.07) is 12.7. The van der Waals surface area contributed by atoms with Crippen molar-refractivity contribution in [1.82, 2.24) is 20.2 Å². The second kappa shape index (κ2) is 6.16. The first kappa shape index (κ1) is 15.0. The predicted molar refractivity (Wildman–Crippen MR) is 90.7 cm³/mol. The summed E-state index contributed by atoms with van der Waals surface area (Å²) in [5, 5.41) is 12.2. The molecule has 1 aromatic carbocycles. The zero-order valence-electron chi connectivity index (χ0n) is 13.1. The highest BCUT2D eigenvalue weighted by molar-refractivity contribution is 6.04. The predicted octanol–water partition coefficient (Wildman–Crippen LogP) is 1.93. The van der Waals surface area contributed by atoms with Gasteiger partial charge < -0.3 is 5.32 Å². The van der Waals surface area contributed by atoms with E-state index in [0.29, 0.717) is 17.2 Å². The van der Waals surface area contributed by atoms with E-state index in [4.69, 9.17) is 0 Å². The molecule has 2 amide bonds. The largest absolute Gasteiger partial charge is 0.326 e. The number of aromatic nitrogens is 4. The van der Waals surface area contributed by atoms with Crippen molar-refractivity contribution in [2.45, 2.75) is 12.3 Å². The lowest BCUT2D eigenvalue weighted by atomic mass is 9.90. The van der Waals surface area contributed by atoms with Crippen molar-refractivity contribution in [2.75, 3.05) is 10.6 Å². The highest BCUT2D eigenvalue weighted by atomic mass is 16.2. The molecule has 3 heterocycles. The molecule has 0 radical (unpaired) electrons. The van der Waals surface area contributed by atoms with Crippen LogP contribution in [0, 0.1) is 0 Å². The maximum Gasteiger partial charge on any atom is 0.249 e. The maximum atomic E-state index is 12.6. The van der Waals surface area contributed by atoms with Crippen LogP contribution in [-0.4, -0.2) is 32.0 Å². The summed E-state index contributed by atoms with van der Waals surface area (Å²) >= 11 is 0. The minimum absolute atomic E-state index is 0.0837. The van der Waals surface area contributed by atoms with Crippen LogP contribution < -0.4 is 10.6 Å². The quantitative estimate of drug-likeness (QED) is 0.677. The second-order valence-corrected chi connectivity index (χ2v) is 5.60. The molecule has 2 aromatic heterocycles. The van der Waals surface area contributed by atoms with Crippen LogP contribution in [0.2, 0.25) is 0 Å². The first-order chi connectivity index (χ1) is 12.2. The zero-order chi connectivity index (χ0) is 17.2. The van der Waals surface area contributed by atoms with Crippen molar-refractivity contribution in [3.05, 3.63) is 54.2 Å². The van der Waals surface area contributed by atoms with E-state index >= 15 is 0 Å². The fourth-order valence-electron chi connectivity index (χ4n) is 2.78. The normalized spacial score (nSPS) is 16.0. The van der Waals surface area contributed by atoms with Crippen molar-refractivity contribution < 1.29 is 9.59 Å². The molecule has 4 rings (SSSR count). The summed E-state index contributed by atoms with van der Waals surface area (Å²) in [5.41, 5.74) is 2.06. The van der Waals surface area contributed by atoms with Gasteiger partial charge in [-0.15, -0.1) is 5.10 Å². The van der Waals surface area contributed by atoms with E-state index in [0.717, 1.165) is 5.56 Å². The molecule has 8 nitrogen and oxygen atoms in total. The van der Waals surface area contributed by atoms with Gasteiger partial charge in [0.05, 0.1) is 5.92 Å². The lowest BCUT2D eigenvalue weighted by Crippen LogP contribution is -2.31. The number of hydrogen-bond acceptors (Lipinski definition) is 5. The van der Waals surface area contributed by atoms with E-state index in [-0.39, 0.29) is 24.2 Å². The molecule has 124 valence electrons. The van der Waals surface area contributed by atoms with Crippen molar-refractivity contribution in [1.29, 1.82) is 0 Å². The molecule has 0 spiro atoms. The number of para-hydroxylation sites is 1. The summed E-state index contributed by atoms with van der Waals surface area (Å²) in [4.78, 5) is 32.9. The maximum absolute atomic E-state index is 12.6. The van der Waals surface area contributed by atoms with Gasteiger partial charge in [0, 0.05) is 18.3 Å². The van der Waals surface area contributed by atoms with Gasteiger partial charge >= 0.3 is 0 Å². The number of rotatable bonds is 3. The van der Waals surface area contributed by atoms with Crippen LogP contribution in [0.4, 0.5) is 11.6 Å². The molecule has 0 fully saturated rings. The summed E-state index contributed by atoms with van der Waals surface area (Å²) < 4.78 is 0. The number of hydrogen-bond donors (Lipinski definition) is 3. The Morgan fingerprint density at radius 2 is 2.00 bits per heavy atom. The van der Waals surface area contributed by atoms with Crippen LogP contribution in [0.3, 0.4) is 0 Å². The van der Waals surface area contributed by atoms with Crippen LogP contribution >= 0.6 is 0 Å². The van der Waals surface area contributed by atoms with Gasteiger partial charge in [0.15, 0.2) is 5.82 Å². The van der Waals surface area contributed by atoms with Gasteiger partial charge in [0.1, 0.15) is 5.69 Å². The number of carbonyl (C=O) groups excluding carboxylic acids is 2. The number of nitrogens with zero attached hydrogens (tertiary/aromatic N) is 3. The summed E-state index contributed by atoms with van der Waals surface area (Å²) in [6.07, 6.45) is 1.73. The van der Waals surface area contributed by atoms with Crippen LogP contribution in [0.1, 0.15) is 17.9 Å². The number of anilines is 2. The van der Waals surface area contributed by atoms with E-state index in [1.807, 2.05) is 24.3 Å². The SMILES string of the molecule is O=C1C[C@H](C(=O)Nc2n[nH]c(-c3ccccn3)n2)c2ccccc2N1. The van der Waals surface area contributed by atoms with E-state index < -0.39 is 5.92 Å². The highest BCUT2D eigenvalue weighted by Crippen LogP contribution is 2.32. The monoisotopic (exact) mass is 334 g/mol. The van der Waals surface area contributed by atoms with Crippen molar-refractivity contribution in [3.8, 4) is 11.5 Å². The number of aromatic amines is 1. The number of carbonyl (C=O) groups is 2. The van der Waals surface area contributed by atoms with Crippen LogP contribution in [-0.2, 0) is 9.59 Å². The van der Waals surface area contributed by atoms with Gasteiger partial charge in [-0.25, -0.2) is 0 Å². The molecule has 0 saturated heterocycles. The van der Waals surface area contributed by atoms with Gasteiger partial charge in [0.25, 0.3) is 0 Å². The van der Waals surface area contributed by atoms with E-state index in [2.05, 4.69) is 30.8 Å². The molecular formula is C17H14N6O2. The Morgan fingerprint density at radius 1 is 1.16 bits per heavy atom. The summed E-state index contributed by atoms with van der Waals surface area (Å²) in [5.74, 6) is -0.495. The molecule has 1 aliphatic rings. The highest BCUT2D eigenvalue weighted by Gasteiger charge is 2.31. The third-order valence-electron chi connectivity index (χ3n) is 3.94. The summed E-state index contributed by atoms with van der Waals surface area (Å²) in [6.45, 7) is 0. The average molecular weight is 334 g/mol. The van der Waals surface area contributed by atoms with Crippen molar-refractivity contribution in [3.63, 3.8) is 0 Å². The van der Waals surface area contributed by atoms with Crippen LogP contribution in [0.15, 0.2) is 48.7 Å². The van der Waals surface area contributed by atoms with Gasteiger partial charge in [-0.1, -0.05) is 24.3 Å². The Kier molecular flexibility index (Phi) is 3.70. The fourth-order valence-corrected chi connectivity index (χ4v) is 2.78. The Bertz CT molecular complexity index is 937. The fraction of sp³-hybridized carbons (Fsp3) is 0.118. The lowest BCUT2D eigenvalue weighted by molar-refractivity contribution is -0.123. The Balaban J connectivity index is 1.55. The third kappa shape index (κ3) is 2.97. The Labute approximate surface area is 142 Å². The molecule has 8 heteroatoms. The van der Waals surface area contributed by atoms with E-state index in [1.54, 1.807) is 24.4 Å². The van der Waals surface area contributed by atoms with Crippen LogP contribution in [0.25, 0.3) is 11.5 Å². The molecule has 0 bridgehead atoms.